The number of carbonyl (C=O) groups is 1. The summed E-state index contributed by atoms with van der Waals surface area (Å²) in [5, 5.41) is 8.94. The Bertz CT molecular complexity index is 430. The van der Waals surface area contributed by atoms with Gasteiger partial charge in [0.05, 0.1) is 5.92 Å². The topological polar surface area (TPSA) is 55.8 Å². The van der Waals surface area contributed by atoms with Gasteiger partial charge < -0.3 is 14.6 Å². The number of fused-ring (bicyclic) bond motifs is 1. The van der Waals surface area contributed by atoms with Crippen molar-refractivity contribution in [1.29, 1.82) is 0 Å². The van der Waals surface area contributed by atoms with E-state index >= 15 is 0 Å². The summed E-state index contributed by atoms with van der Waals surface area (Å²) in [5.41, 5.74) is 0.850. The number of ether oxygens (including phenoxy) is 2. The molecule has 0 radical (unpaired) electrons. The summed E-state index contributed by atoms with van der Waals surface area (Å²) in [7, 11) is 0. The zero-order valence-corrected chi connectivity index (χ0v) is 8.70. The van der Waals surface area contributed by atoms with E-state index < -0.39 is 18.6 Å². The summed E-state index contributed by atoms with van der Waals surface area (Å²) >= 11 is 0. The molecule has 1 aromatic rings. The fourth-order valence-corrected chi connectivity index (χ4v) is 1.63. The Kier molecular flexibility index (Phi) is 2.68. The monoisotopic (exact) mass is 226 g/mol. The highest BCUT2D eigenvalue weighted by atomic mass is 19.1. The molecule has 4 nitrogen and oxygen atoms in total. The van der Waals surface area contributed by atoms with Crippen molar-refractivity contribution in [3.8, 4) is 11.5 Å². The van der Waals surface area contributed by atoms with E-state index in [2.05, 4.69) is 0 Å². The maximum absolute atomic E-state index is 12.6. The third kappa shape index (κ3) is 1.68. The number of hydrogen-bond acceptors (Lipinski definition) is 3. The van der Waals surface area contributed by atoms with Gasteiger partial charge in [0, 0.05) is 5.56 Å². The van der Waals surface area contributed by atoms with E-state index in [9.17, 15) is 9.18 Å². The molecule has 0 fully saturated rings. The fraction of sp³-hybridized carbons (Fsp3) is 0.364. The molecule has 0 saturated carbocycles. The first-order chi connectivity index (χ1) is 7.63. The minimum Gasteiger partial charge on any atom is -0.481 e. The molecule has 86 valence electrons. The number of rotatable bonds is 3. The van der Waals surface area contributed by atoms with Crippen LogP contribution >= 0.6 is 0 Å². The van der Waals surface area contributed by atoms with Crippen molar-refractivity contribution in [3.05, 3.63) is 23.3 Å². The molecule has 1 aliphatic heterocycles. The molecular formula is C11H11FO4. The van der Waals surface area contributed by atoms with E-state index in [4.69, 9.17) is 14.6 Å². The molecule has 1 N–H and O–H groups in total. The summed E-state index contributed by atoms with van der Waals surface area (Å²) in [6.07, 6.45) is 0. The Balaban J connectivity index is 2.50. The quantitative estimate of drug-likeness (QED) is 0.857. The molecule has 5 heteroatoms. The van der Waals surface area contributed by atoms with Crippen LogP contribution < -0.4 is 9.47 Å². The minimum absolute atomic E-state index is 0.0460. The molecule has 2 rings (SSSR count). The highest BCUT2D eigenvalue weighted by molar-refractivity contribution is 5.77. The van der Waals surface area contributed by atoms with Gasteiger partial charge in [-0.25, -0.2) is 4.39 Å². The standard InChI is InChI=1S/C11H11FO4/c1-6(11(13)14)8-2-7(4-12)3-9-10(8)16-5-15-9/h2-3,6H,4-5H2,1H3,(H,13,14). The smallest absolute Gasteiger partial charge is 0.310 e. The summed E-state index contributed by atoms with van der Waals surface area (Å²) < 4.78 is 22.9. The maximum atomic E-state index is 12.6. The molecule has 0 saturated heterocycles. The Labute approximate surface area is 91.6 Å². The van der Waals surface area contributed by atoms with Gasteiger partial charge in [-0.05, 0) is 24.6 Å². The van der Waals surface area contributed by atoms with Gasteiger partial charge in [0.15, 0.2) is 11.5 Å². The lowest BCUT2D eigenvalue weighted by Gasteiger charge is -2.11. The molecule has 0 spiro atoms. The van der Waals surface area contributed by atoms with E-state index in [0.29, 0.717) is 22.6 Å². The first-order valence-corrected chi connectivity index (χ1v) is 4.84. The van der Waals surface area contributed by atoms with Gasteiger partial charge in [0.1, 0.15) is 6.67 Å². The van der Waals surface area contributed by atoms with Gasteiger partial charge in [-0.3, -0.25) is 4.79 Å². The number of carboxylic acid groups (broad SMARTS) is 1. The second kappa shape index (κ2) is 4.00. The van der Waals surface area contributed by atoms with Crippen LogP contribution in [-0.2, 0) is 11.5 Å². The van der Waals surface area contributed by atoms with E-state index in [-0.39, 0.29) is 6.79 Å². The molecule has 0 bridgehead atoms. The van der Waals surface area contributed by atoms with Crippen LogP contribution in [0.25, 0.3) is 0 Å². The lowest BCUT2D eigenvalue weighted by Crippen LogP contribution is -2.08. The summed E-state index contributed by atoms with van der Waals surface area (Å²) in [6.45, 7) is 0.919. The largest absolute Gasteiger partial charge is 0.481 e. The Morgan fingerprint density at radius 2 is 2.31 bits per heavy atom. The van der Waals surface area contributed by atoms with Gasteiger partial charge in [0.25, 0.3) is 0 Å². The average molecular weight is 226 g/mol. The number of halogens is 1. The average Bonchev–Trinajstić information content (AvgIpc) is 2.74. The van der Waals surface area contributed by atoms with Crippen LogP contribution in [0.15, 0.2) is 12.1 Å². The number of aliphatic carboxylic acids is 1. The number of hydrogen-bond donors (Lipinski definition) is 1. The van der Waals surface area contributed by atoms with E-state index in [0.717, 1.165) is 0 Å². The third-order valence-electron chi connectivity index (χ3n) is 2.55. The summed E-state index contributed by atoms with van der Waals surface area (Å²) in [6, 6.07) is 3.03. The Morgan fingerprint density at radius 1 is 1.56 bits per heavy atom. The van der Waals surface area contributed by atoms with Crippen LogP contribution in [0.4, 0.5) is 4.39 Å². The van der Waals surface area contributed by atoms with E-state index in [1.807, 2.05) is 0 Å². The van der Waals surface area contributed by atoms with Crippen molar-refractivity contribution in [2.24, 2.45) is 0 Å². The van der Waals surface area contributed by atoms with Crippen LogP contribution in [0, 0.1) is 0 Å². The number of benzene rings is 1. The van der Waals surface area contributed by atoms with E-state index in [1.165, 1.54) is 19.1 Å². The molecule has 0 aliphatic carbocycles. The second-order valence-corrected chi connectivity index (χ2v) is 3.61. The molecule has 1 aliphatic rings. The van der Waals surface area contributed by atoms with Crippen molar-refractivity contribution in [2.45, 2.75) is 19.5 Å². The molecular weight excluding hydrogens is 215 g/mol. The molecule has 0 amide bonds. The van der Waals surface area contributed by atoms with Crippen LogP contribution in [0.1, 0.15) is 24.0 Å². The minimum atomic E-state index is -0.978. The van der Waals surface area contributed by atoms with Gasteiger partial charge in [0.2, 0.25) is 6.79 Å². The molecule has 0 aromatic heterocycles. The van der Waals surface area contributed by atoms with Gasteiger partial charge in [-0.2, -0.15) is 0 Å². The lowest BCUT2D eigenvalue weighted by atomic mass is 9.97. The predicted octanol–water partition coefficient (Wildman–Crippen LogP) is 2.07. The van der Waals surface area contributed by atoms with Crippen LogP contribution in [0.3, 0.4) is 0 Å². The Hall–Kier alpha value is -1.78. The van der Waals surface area contributed by atoms with Crippen molar-refractivity contribution < 1.29 is 23.8 Å². The first-order valence-electron chi connectivity index (χ1n) is 4.84. The fourth-order valence-electron chi connectivity index (χ4n) is 1.63. The molecule has 1 aromatic carbocycles. The zero-order chi connectivity index (χ0) is 11.7. The first kappa shape index (κ1) is 10.7. The van der Waals surface area contributed by atoms with Crippen molar-refractivity contribution >= 4 is 5.97 Å². The lowest BCUT2D eigenvalue weighted by molar-refractivity contribution is -0.138. The Morgan fingerprint density at radius 3 is 2.94 bits per heavy atom. The van der Waals surface area contributed by atoms with Gasteiger partial charge >= 0.3 is 5.97 Å². The van der Waals surface area contributed by atoms with Crippen LogP contribution in [-0.4, -0.2) is 17.9 Å². The van der Waals surface area contributed by atoms with Crippen molar-refractivity contribution in [2.75, 3.05) is 6.79 Å². The van der Waals surface area contributed by atoms with Crippen molar-refractivity contribution in [1.82, 2.24) is 0 Å². The predicted molar refractivity (Wildman–Crippen MR) is 53.4 cm³/mol. The van der Waals surface area contributed by atoms with E-state index in [1.54, 1.807) is 0 Å². The SMILES string of the molecule is CC(C(=O)O)c1cc(CF)cc2c1OCO2. The molecule has 1 heterocycles. The number of alkyl halides is 1. The highest BCUT2D eigenvalue weighted by Gasteiger charge is 2.25. The highest BCUT2D eigenvalue weighted by Crippen LogP contribution is 2.40. The molecule has 16 heavy (non-hydrogen) atoms. The third-order valence-corrected chi connectivity index (χ3v) is 2.55. The van der Waals surface area contributed by atoms with Crippen LogP contribution in [0.5, 0.6) is 11.5 Å². The normalized spacial score (nSPS) is 14.9. The van der Waals surface area contributed by atoms with Crippen LogP contribution in [0.2, 0.25) is 0 Å². The van der Waals surface area contributed by atoms with Gasteiger partial charge in [-0.1, -0.05) is 0 Å². The molecule has 1 atom stereocenters. The number of carboxylic acids is 1. The maximum Gasteiger partial charge on any atom is 0.310 e. The summed E-state index contributed by atoms with van der Waals surface area (Å²) in [5.74, 6) is -0.902. The van der Waals surface area contributed by atoms with Crippen molar-refractivity contribution in [3.63, 3.8) is 0 Å². The molecule has 1 unspecified atom stereocenters. The van der Waals surface area contributed by atoms with Gasteiger partial charge in [-0.15, -0.1) is 0 Å². The summed E-state index contributed by atoms with van der Waals surface area (Å²) in [4.78, 5) is 10.9. The zero-order valence-electron chi connectivity index (χ0n) is 8.70. The second-order valence-electron chi connectivity index (χ2n) is 3.61.